The number of aliphatic hydroxyl groups is 1. The molecule has 5 aliphatic rings. The Balaban J connectivity index is 1.18. The van der Waals surface area contributed by atoms with Crippen LogP contribution in [0.15, 0.2) is 164 Å². The van der Waals surface area contributed by atoms with Crippen LogP contribution in [0.1, 0.15) is 27.8 Å². The quantitative estimate of drug-likeness (QED) is 0.0874. The summed E-state index contributed by atoms with van der Waals surface area (Å²) in [6.07, 6.45) is 0. The van der Waals surface area contributed by atoms with Gasteiger partial charge in [-0.2, -0.15) is 33.7 Å². The van der Waals surface area contributed by atoms with Crippen molar-refractivity contribution in [1.82, 2.24) is 0 Å². The Labute approximate surface area is 407 Å². The van der Waals surface area contributed by atoms with E-state index in [0.717, 1.165) is 46.5 Å². The number of carbonyl (C=O) groups is 1. The number of hydrogen-bond acceptors (Lipinski definition) is 14. The first-order chi connectivity index (χ1) is 34.0. The Morgan fingerprint density at radius 1 is 0.431 bits per heavy atom. The van der Waals surface area contributed by atoms with Gasteiger partial charge in [0.05, 0.1) is 22.2 Å². The molecule has 0 bridgehead atoms. The van der Waals surface area contributed by atoms with Crippen LogP contribution >= 0.6 is 0 Å². The summed E-state index contributed by atoms with van der Waals surface area (Å²) in [5.41, 5.74) is 0.691. The molecule has 0 saturated heterocycles. The third-order valence-electron chi connectivity index (χ3n) is 14.1. The smallest absolute Gasteiger partial charge is 0.295 e. The van der Waals surface area contributed by atoms with Gasteiger partial charge in [-0.1, -0.05) is 97.1 Å². The molecule has 0 saturated carbocycles. The van der Waals surface area contributed by atoms with E-state index in [1.54, 1.807) is 60.7 Å². The van der Waals surface area contributed by atoms with Crippen molar-refractivity contribution in [1.29, 1.82) is 0 Å². The van der Waals surface area contributed by atoms with Crippen LogP contribution in [-0.2, 0) is 56.6 Å². The molecule has 8 N–H and O–H groups in total. The number of anilines is 3. The first kappa shape index (κ1) is 44.2. The summed E-state index contributed by atoms with van der Waals surface area (Å²) >= 11 is 0. The van der Waals surface area contributed by atoms with E-state index in [-0.39, 0.29) is 33.2 Å². The van der Waals surface area contributed by atoms with E-state index in [4.69, 9.17) is 4.99 Å². The van der Waals surface area contributed by atoms with Crippen LogP contribution in [0.4, 0.5) is 17.1 Å². The van der Waals surface area contributed by atoms with E-state index in [2.05, 4.69) is 16.0 Å². The summed E-state index contributed by atoms with van der Waals surface area (Å²) in [5, 5.41) is 20.0. The topological polar surface area (TPSA) is 303 Å². The molecule has 0 atom stereocenters. The van der Waals surface area contributed by atoms with Gasteiger partial charge in [0.2, 0.25) is 5.78 Å². The maximum Gasteiger partial charge on any atom is 0.295 e. The molecule has 0 aromatic heterocycles. The Kier molecular flexibility index (Phi) is 8.58. The van der Waals surface area contributed by atoms with Gasteiger partial charge in [0, 0.05) is 66.0 Å². The first-order valence-electron chi connectivity index (χ1n) is 21.5. The molecule has 22 heteroatoms. The molecular formula is C50H30N4O14S4. The molecule has 0 radical (unpaired) electrons. The third kappa shape index (κ3) is 5.70. The largest absolute Gasteiger partial charge is 0.506 e. The number of nitrogens with one attached hydrogen (secondary N) is 3. The minimum Gasteiger partial charge on any atom is -0.506 e. The lowest BCUT2D eigenvalue weighted by Crippen LogP contribution is -2.46. The number of hydrogen-bond donors (Lipinski definition) is 8. The number of rotatable bonds is 5. The maximum atomic E-state index is 15.3. The average Bonchev–Trinajstić information content (AvgIpc) is 3.74. The van der Waals surface area contributed by atoms with Crippen LogP contribution in [0.3, 0.4) is 0 Å². The summed E-state index contributed by atoms with van der Waals surface area (Å²) in [5.74, 6) is -1.98. The molecular weight excluding hydrogens is 1010 g/mol. The van der Waals surface area contributed by atoms with Crippen molar-refractivity contribution in [2.24, 2.45) is 4.99 Å². The zero-order chi connectivity index (χ0) is 50.4. The third-order valence-corrected chi connectivity index (χ3v) is 17.6. The Hall–Kier alpha value is -7.80. The van der Waals surface area contributed by atoms with E-state index in [0.29, 0.717) is 22.3 Å². The van der Waals surface area contributed by atoms with Crippen LogP contribution in [0, 0.1) is 0 Å². The summed E-state index contributed by atoms with van der Waals surface area (Å²) in [6.45, 7) is 0. The van der Waals surface area contributed by atoms with Gasteiger partial charge in [0.1, 0.15) is 25.3 Å². The molecule has 0 unspecified atom stereocenters. The van der Waals surface area contributed by atoms with Crippen molar-refractivity contribution >= 4 is 96.0 Å². The lowest BCUT2D eigenvalue weighted by Gasteiger charge is -2.42. The summed E-state index contributed by atoms with van der Waals surface area (Å²) < 4.78 is 148. The number of Topliss-reactive ketones (excluding diaryl/α,β-unsaturated/α-hetero) is 1. The van der Waals surface area contributed by atoms with Gasteiger partial charge in [-0.05, 0) is 58.7 Å². The van der Waals surface area contributed by atoms with E-state index in [1.807, 2.05) is 36.4 Å². The molecule has 358 valence electrons. The van der Waals surface area contributed by atoms with Crippen LogP contribution < -0.4 is 26.5 Å². The van der Waals surface area contributed by atoms with E-state index >= 15 is 4.79 Å². The fraction of sp³-hybridized carbons (Fsp3) is 0.0400. The minimum atomic E-state index is -5.48. The summed E-state index contributed by atoms with van der Waals surface area (Å²) in [6, 6.07) is 34.8. The van der Waals surface area contributed by atoms with Crippen molar-refractivity contribution < 1.29 is 61.8 Å². The first-order valence-corrected chi connectivity index (χ1v) is 27.3. The van der Waals surface area contributed by atoms with Crippen molar-refractivity contribution in [3.63, 3.8) is 0 Å². The predicted octanol–water partition coefficient (Wildman–Crippen LogP) is 6.33. The molecule has 2 spiro atoms. The number of aliphatic hydroxyl groups excluding tert-OH is 1. The van der Waals surface area contributed by atoms with E-state index < -0.39 is 116 Å². The monoisotopic (exact) mass is 1040 g/mol. The number of allylic oxidation sites excluding steroid dienone is 2. The number of carbonyl (C=O) groups excluding carboxylic acids is 1. The highest BCUT2D eigenvalue weighted by atomic mass is 32.2. The van der Waals surface area contributed by atoms with Gasteiger partial charge >= 0.3 is 0 Å². The highest BCUT2D eigenvalue weighted by Gasteiger charge is 2.50. The zero-order valence-electron chi connectivity index (χ0n) is 36.2. The minimum absolute atomic E-state index is 0.0368. The molecule has 18 nitrogen and oxygen atoms in total. The number of ketones is 1. The zero-order valence-corrected chi connectivity index (χ0v) is 39.5. The predicted molar refractivity (Wildman–Crippen MR) is 262 cm³/mol. The molecule has 72 heavy (non-hydrogen) atoms. The Morgan fingerprint density at radius 2 is 0.861 bits per heavy atom. The molecule has 2 aliphatic heterocycles. The van der Waals surface area contributed by atoms with Gasteiger partial charge in [-0.3, -0.25) is 23.0 Å². The molecule has 13 rings (SSSR count). The average molecular weight is 1040 g/mol. The Morgan fingerprint density at radius 3 is 1.35 bits per heavy atom. The normalized spacial score (nSPS) is 17.4. The van der Waals surface area contributed by atoms with Crippen LogP contribution in [0.5, 0.6) is 0 Å². The van der Waals surface area contributed by atoms with E-state index in [1.165, 1.54) is 12.1 Å². The fourth-order valence-electron chi connectivity index (χ4n) is 11.3. The van der Waals surface area contributed by atoms with Crippen LogP contribution in [-0.4, -0.2) is 62.8 Å². The standard InChI is InChI=1S/C50H30N4O14S4/c55-47-39(27-21-37(71(63,64)65)43-35(69(57,58)59)19-17-33-41(43)45(27)53-49(51-33)29-13-5-1-9-23(29)24-10-2-6-14-30(24)49)48(56)40(47)28-22-38(72(66,67)68)44-36(70(60,61)62)20-18-34-42(44)46(28)54-50(52-34)31-15-7-3-11-25(31)26-12-4-8-16-32(26)50/h1-22,51-53,55H,(H,57,58,59)(H,60,61,62)(H,63,64,65)(H,66,67,68)/b40-28-. The summed E-state index contributed by atoms with van der Waals surface area (Å²) in [4.78, 5) is 16.5. The second kappa shape index (κ2) is 14.0. The van der Waals surface area contributed by atoms with Gasteiger partial charge < -0.3 is 21.1 Å². The van der Waals surface area contributed by atoms with Crippen LogP contribution in [0.25, 0.3) is 54.9 Å². The van der Waals surface area contributed by atoms with Gasteiger partial charge in [0.25, 0.3) is 40.5 Å². The molecule has 0 fully saturated rings. The van der Waals surface area contributed by atoms with E-state index in [9.17, 15) is 57.0 Å². The molecule has 8 aromatic rings. The Bertz CT molecular complexity index is 4560. The molecule has 8 aromatic carbocycles. The second-order valence-corrected chi connectivity index (χ2v) is 23.3. The maximum absolute atomic E-state index is 15.3. The van der Waals surface area contributed by atoms with Crippen molar-refractivity contribution in [3.8, 4) is 22.3 Å². The molecule has 0 amide bonds. The molecule has 2 heterocycles. The number of fused-ring (bicyclic) bond motifs is 10. The van der Waals surface area contributed by atoms with Gasteiger partial charge in [0.15, 0.2) is 11.3 Å². The second-order valence-electron chi connectivity index (χ2n) is 17.7. The number of nitrogens with zero attached hydrogens (tertiary/aromatic N) is 1. The SMILES string of the molecule is O=C1C(c2cc(S(=O)(=O)O)c3c(S(=O)(=O)O)ccc4c3c2NC2(N4)c3ccccc3-c3ccccc32)=C(O)/C1=c1\cc(S(=O)(=O)O)c2c(S(=O)(=O)O)ccc3c2c1=NC1(N3)c2ccccc2-c2ccccc21. The van der Waals surface area contributed by atoms with Crippen LogP contribution in [0.2, 0.25) is 0 Å². The lowest BCUT2D eigenvalue weighted by molar-refractivity contribution is -0.109. The highest BCUT2D eigenvalue weighted by molar-refractivity contribution is 7.87. The van der Waals surface area contributed by atoms with Crippen molar-refractivity contribution in [3.05, 3.63) is 178 Å². The van der Waals surface area contributed by atoms with Gasteiger partial charge in [-0.15, -0.1) is 0 Å². The van der Waals surface area contributed by atoms with Crippen molar-refractivity contribution in [2.75, 3.05) is 16.0 Å². The highest BCUT2D eigenvalue weighted by Crippen LogP contribution is 2.57. The van der Waals surface area contributed by atoms with Gasteiger partial charge in [-0.25, -0.2) is 4.99 Å². The lowest BCUT2D eigenvalue weighted by atomic mass is 9.79. The summed E-state index contributed by atoms with van der Waals surface area (Å²) in [7, 11) is -21.4. The molecule has 3 aliphatic carbocycles. The number of benzene rings is 8. The fourth-order valence-corrected chi connectivity index (χ4v) is 14.4. The van der Waals surface area contributed by atoms with Crippen molar-refractivity contribution in [2.45, 2.75) is 30.9 Å².